The first-order chi connectivity index (χ1) is 12.5. The molecular formula is C19H24N2O4S. The first-order valence-corrected chi connectivity index (χ1v) is 9.63. The molecule has 1 aliphatic rings. The lowest BCUT2D eigenvalue weighted by Gasteiger charge is -2.12. The molecule has 0 saturated heterocycles. The summed E-state index contributed by atoms with van der Waals surface area (Å²) in [6.07, 6.45) is 3.98. The molecule has 0 fully saturated rings. The summed E-state index contributed by atoms with van der Waals surface area (Å²) in [6.45, 7) is 3.95. The predicted molar refractivity (Wildman–Crippen MR) is 101 cm³/mol. The monoisotopic (exact) mass is 376 g/mol. The van der Waals surface area contributed by atoms with Crippen molar-refractivity contribution in [2.45, 2.75) is 45.6 Å². The van der Waals surface area contributed by atoms with Crippen LogP contribution in [0.3, 0.4) is 0 Å². The molecule has 1 aliphatic carbocycles. The van der Waals surface area contributed by atoms with E-state index in [0.29, 0.717) is 10.6 Å². The second kappa shape index (κ2) is 8.05. The van der Waals surface area contributed by atoms with E-state index in [-0.39, 0.29) is 24.5 Å². The molecule has 1 unspecified atom stereocenters. The molecule has 140 valence electrons. The zero-order chi connectivity index (χ0) is 18.7. The van der Waals surface area contributed by atoms with Crippen molar-refractivity contribution in [1.82, 2.24) is 5.32 Å². The highest BCUT2D eigenvalue weighted by atomic mass is 32.1. The SMILES string of the molecule is COC(=O)c1c(NC(=O)CNC(C)c2ccc(C)o2)sc2c1CCCC2. The number of methoxy groups -OCH3 is 1. The topological polar surface area (TPSA) is 80.6 Å². The summed E-state index contributed by atoms with van der Waals surface area (Å²) in [4.78, 5) is 25.8. The smallest absolute Gasteiger partial charge is 0.341 e. The highest BCUT2D eigenvalue weighted by Crippen LogP contribution is 2.38. The normalized spacial score (nSPS) is 14.6. The van der Waals surface area contributed by atoms with E-state index < -0.39 is 0 Å². The van der Waals surface area contributed by atoms with Crippen molar-refractivity contribution in [3.63, 3.8) is 0 Å². The molecule has 0 radical (unpaired) electrons. The number of furan rings is 1. The van der Waals surface area contributed by atoms with Crippen LogP contribution in [-0.4, -0.2) is 25.5 Å². The van der Waals surface area contributed by atoms with Gasteiger partial charge in [0.05, 0.1) is 25.3 Å². The van der Waals surface area contributed by atoms with Crippen molar-refractivity contribution in [2.75, 3.05) is 19.0 Å². The molecule has 2 aromatic heterocycles. The van der Waals surface area contributed by atoms with Gasteiger partial charge in [0.25, 0.3) is 0 Å². The number of carbonyl (C=O) groups is 2. The zero-order valence-electron chi connectivity index (χ0n) is 15.3. The Balaban J connectivity index is 1.67. The van der Waals surface area contributed by atoms with Crippen molar-refractivity contribution < 1.29 is 18.7 Å². The molecule has 3 rings (SSSR count). The van der Waals surface area contributed by atoms with Crippen LogP contribution in [-0.2, 0) is 22.4 Å². The van der Waals surface area contributed by atoms with Crippen LogP contribution in [0.15, 0.2) is 16.5 Å². The second-order valence-corrected chi connectivity index (χ2v) is 7.61. The Kier molecular flexibility index (Phi) is 5.78. The molecule has 6 nitrogen and oxygen atoms in total. The lowest BCUT2D eigenvalue weighted by atomic mass is 9.95. The highest BCUT2D eigenvalue weighted by Gasteiger charge is 2.27. The van der Waals surface area contributed by atoms with Gasteiger partial charge in [-0.05, 0) is 57.2 Å². The summed E-state index contributed by atoms with van der Waals surface area (Å²) >= 11 is 1.49. The Morgan fingerprint density at radius 2 is 2.08 bits per heavy atom. The number of aryl methyl sites for hydroxylation is 2. The first kappa shape index (κ1) is 18.7. The van der Waals surface area contributed by atoms with E-state index in [4.69, 9.17) is 9.15 Å². The Morgan fingerprint density at radius 3 is 2.77 bits per heavy atom. The summed E-state index contributed by atoms with van der Waals surface area (Å²) in [5.74, 6) is 1.05. The quantitative estimate of drug-likeness (QED) is 0.753. The maximum absolute atomic E-state index is 12.4. The van der Waals surface area contributed by atoms with Gasteiger partial charge in [-0.3, -0.25) is 10.1 Å². The minimum atomic E-state index is -0.382. The van der Waals surface area contributed by atoms with E-state index in [2.05, 4.69) is 10.6 Å². The average Bonchev–Trinajstić information content (AvgIpc) is 3.22. The number of hydrogen-bond donors (Lipinski definition) is 2. The lowest BCUT2D eigenvalue weighted by molar-refractivity contribution is -0.115. The third-order valence-corrected chi connectivity index (χ3v) is 5.78. The van der Waals surface area contributed by atoms with Gasteiger partial charge in [-0.2, -0.15) is 0 Å². The largest absolute Gasteiger partial charge is 0.465 e. The molecule has 1 amide bonds. The molecule has 26 heavy (non-hydrogen) atoms. The van der Waals surface area contributed by atoms with Gasteiger partial charge in [-0.1, -0.05) is 0 Å². The van der Waals surface area contributed by atoms with Crippen LogP contribution in [0.4, 0.5) is 5.00 Å². The summed E-state index contributed by atoms with van der Waals surface area (Å²) < 4.78 is 10.5. The molecule has 7 heteroatoms. The van der Waals surface area contributed by atoms with Crippen molar-refractivity contribution in [3.05, 3.63) is 39.7 Å². The van der Waals surface area contributed by atoms with Gasteiger partial charge in [0.15, 0.2) is 0 Å². The van der Waals surface area contributed by atoms with Gasteiger partial charge in [0.1, 0.15) is 16.5 Å². The molecular weight excluding hydrogens is 352 g/mol. The van der Waals surface area contributed by atoms with E-state index in [1.807, 2.05) is 26.0 Å². The Bertz CT molecular complexity index is 809. The van der Waals surface area contributed by atoms with Crippen LogP contribution in [0.2, 0.25) is 0 Å². The molecule has 1 atom stereocenters. The summed E-state index contributed by atoms with van der Waals surface area (Å²) in [7, 11) is 1.37. The number of nitrogens with one attached hydrogen (secondary N) is 2. The fourth-order valence-corrected chi connectivity index (χ4v) is 4.47. The van der Waals surface area contributed by atoms with E-state index in [9.17, 15) is 9.59 Å². The molecule has 0 saturated carbocycles. The number of rotatable bonds is 6. The zero-order valence-corrected chi connectivity index (χ0v) is 16.1. The van der Waals surface area contributed by atoms with Crippen LogP contribution in [0.25, 0.3) is 0 Å². The number of fused-ring (bicyclic) bond motifs is 1. The van der Waals surface area contributed by atoms with E-state index in [0.717, 1.165) is 42.8 Å². The number of thiophene rings is 1. The third kappa shape index (κ3) is 3.99. The van der Waals surface area contributed by atoms with Crippen molar-refractivity contribution in [1.29, 1.82) is 0 Å². The third-order valence-electron chi connectivity index (χ3n) is 4.57. The molecule has 2 heterocycles. The fraction of sp³-hybridized carbons (Fsp3) is 0.474. The average molecular weight is 376 g/mol. The molecule has 0 aromatic carbocycles. The van der Waals surface area contributed by atoms with Gasteiger partial charge in [-0.15, -0.1) is 11.3 Å². The summed E-state index contributed by atoms with van der Waals surface area (Å²) in [6, 6.07) is 3.71. The van der Waals surface area contributed by atoms with Gasteiger partial charge in [0.2, 0.25) is 5.91 Å². The number of anilines is 1. The number of ether oxygens (including phenoxy) is 1. The lowest BCUT2D eigenvalue weighted by Crippen LogP contribution is -2.30. The Hall–Kier alpha value is -2.12. The summed E-state index contributed by atoms with van der Waals surface area (Å²) in [5.41, 5.74) is 1.56. The molecule has 0 spiro atoms. The van der Waals surface area contributed by atoms with Gasteiger partial charge < -0.3 is 14.5 Å². The Labute approximate surface area is 156 Å². The van der Waals surface area contributed by atoms with Gasteiger partial charge in [0, 0.05) is 4.88 Å². The highest BCUT2D eigenvalue weighted by molar-refractivity contribution is 7.17. The van der Waals surface area contributed by atoms with Crippen LogP contribution in [0, 0.1) is 6.92 Å². The van der Waals surface area contributed by atoms with Crippen molar-refractivity contribution in [3.8, 4) is 0 Å². The molecule has 0 bridgehead atoms. The number of esters is 1. The minimum Gasteiger partial charge on any atom is -0.465 e. The van der Waals surface area contributed by atoms with Crippen molar-refractivity contribution >= 4 is 28.2 Å². The number of hydrogen-bond acceptors (Lipinski definition) is 6. The van der Waals surface area contributed by atoms with Crippen LogP contribution in [0.5, 0.6) is 0 Å². The second-order valence-electron chi connectivity index (χ2n) is 6.51. The number of carbonyl (C=O) groups excluding carboxylic acids is 2. The van der Waals surface area contributed by atoms with Gasteiger partial charge in [-0.25, -0.2) is 4.79 Å². The van der Waals surface area contributed by atoms with Gasteiger partial charge >= 0.3 is 5.97 Å². The maximum atomic E-state index is 12.4. The van der Waals surface area contributed by atoms with Crippen LogP contribution >= 0.6 is 11.3 Å². The number of amides is 1. The van der Waals surface area contributed by atoms with Crippen LogP contribution in [0.1, 0.15) is 58.1 Å². The minimum absolute atomic E-state index is 0.0777. The van der Waals surface area contributed by atoms with Crippen LogP contribution < -0.4 is 10.6 Å². The molecule has 2 aromatic rings. The van der Waals surface area contributed by atoms with E-state index >= 15 is 0 Å². The molecule has 2 N–H and O–H groups in total. The fourth-order valence-electron chi connectivity index (χ4n) is 3.18. The molecule has 0 aliphatic heterocycles. The standard InChI is InChI=1S/C19H24N2O4S/c1-11-8-9-14(25-11)12(2)20-10-16(22)21-18-17(19(23)24-3)13-6-4-5-7-15(13)26-18/h8-9,12,20H,4-7,10H2,1-3H3,(H,21,22). The maximum Gasteiger partial charge on any atom is 0.341 e. The first-order valence-electron chi connectivity index (χ1n) is 8.82. The van der Waals surface area contributed by atoms with E-state index in [1.165, 1.54) is 23.3 Å². The summed E-state index contributed by atoms with van der Waals surface area (Å²) in [5, 5.41) is 6.61. The van der Waals surface area contributed by atoms with E-state index in [1.54, 1.807) is 0 Å². The predicted octanol–water partition coefficient (Wildman–Crippen LogP) is 3.60. The Morgan fingerprint density at radius 1 is 1.31 bits per heavy atom. The van der Waals surface area contributed by atoms with Crippen molar-refractivity contribution in [2.24, 2.45) is 0 Å².